The summed E-state index contributed by atoms with van der Waals surface area (Å²) in [6.07, 6.45) is 2.32. The summed E-state index contributed by atoms with van der Waals surface area (Å²) in [5, 5.41) is 5.11. The van der Waals surface area contributed by atoms with Crippen LogP contribution in [0.5, 0.6) is 5.75 Å². The van der Waals surface area contributed by atoms with Crippen molar-refractivity contribution in [1.29, 1.82) is 0 Å². The molecule has 5 heteroatoms. The second-order valence-corrected chi connectivity index (χ2v) is 6.28. The molecule has 2 N–H and O–H groups in total. The van der Waals surface area contributed by atoms with Crippen molar-refractivity contribution in [3.8, 4) is 5.75 Å². The maximum atomic E-state index is 11.3. The Morgan fingerprint density at radius 2 is 2.00 bits per heavy atom. The molecule has 0 atom stereocenters. The number of benzene rings is 1. The first-order chi connectivity index (χ1) is 7.88. The van der Waals surface area contributed by atoms with Crippen LogP contribution in [-0.2, 0) is 10.0 Å². The van der Waals surface area contributed by atoms with Gasteiger partial charge in [0.1, 0.15) is 5.75 Å². The van der Waals surface area contributed by atoms with Crippen molar-refractivity contribution in [2.24, 2.45) is 5.14 Å². The van der Waals surface area contributed by atoms with Crippen LogP contribution >= 0.6 is 0 Å². The van der Waals surface area contributed by atoms with Crippen LogP contribution in [0.15, 0.2) is 23.1 Å². The largest absolute Gasteiger partial charge is 0.490 e. The third-order valence-electron chi connectivity index (χ3n) is 2.75. The fourth-order valence-electron chi connectivity index (χ4n) is 1.64. The van der Waals surface area contributed by atoms with Gasteiger partial charge in [-0.3, -0.25) is 0 Å². The molecule has 1 aliphatic carbocycles. The van der Waals surface area contributed by atoms with Gasteiger partial charge in [0.05, 0.1) is 11.0 Å². The molecule has 1 aromatic carbocycles. The average Bonchev–Trinajstić information content (AvgIpc) is 2.99. The molecule has 0 aromatic heterocycles. The van der Waals surface area contributed by atoms with Crippen LogP contribution in [0, 0.1) is 0 Å². The Morgan fingerprint density at radius 3 is 2.47 bits per heavy atom. The van der Waals surface area contributed by atoms with Gasteiger partial charge in [-0.05, 0) is 30.4 Å². The van der Waals surface area contributed by atoms with Gasteiger partial charge in [0, 0.05) is 6.07 Å². The van der Waals surface area contributed by atoms with E-state index in [1.165, 1.54) is 12.1 Å². The summed E-state index contributed by atoms with van der Waals surface area (Å²) in [5.41, 5.74) is 1.02. The highest BCUT2D eigenvalue weighted by atomic mass is 32.2. The second kappa shape index (κ2) is 4.31. The highest BCUT2D eigenvalue weighted by Gasteiger charge is 2.25. The lowest BCUT2D eigenvalue weighted by Gasteiger charge is -2.14. The molecule has 0 bridgehead atoms. The van der Waals surface area contributed by atoms with Crippen LogP contribution in [0.1, 0.15) is 38.2 Å². The van der Waals surface area contributed by atoms with Crippen molar-refractivity contribution in [2.75, 3.05) is 0 Å². The van der Waals surface area contributed by atoms with Gasteiger partial charge in [-0.25, -0.2) is 13.6 Å². The van der Waals surface area contributed by atoms with Gasteiger partial charge in [-0.2, -0.15) is 0 Å². The Morgan fingerprint density at radius 1 is 1.35 bits per heavy atom. The molecule has 0 radical (unpaired) electrons. The molecule has 1 aromatic rings. The van der Waals surface area contributed by atoms with E-state index in [1.54, 1.807) is 6.07 Å². The molecule has 2 rings (SSSR count). The smallest absolute Gasteiger partial charge is 0.238 e. The summed E-state index contributed by atoms with van der Waals surface area (Å²) in [5.74, 6) is 0.937. The van der Waals surface area contributed by atoms with Gasteiger partial charge in [-0.1, -0.05) is 19.9 Å². The molecule has 17 heavy (non-hydrogen) atoms. The lowest BCUT2D eigenvalue weighted by Crippen LogP contribution is -2.13. The van der Waals surface area contributed by atoms with Gasteiger partial charge in [-0.15, -0.1) is 0 Å². The first-order valence-electron chi connectivity index (χ1n) is 5.71. The SMILES string of the molecule is CC(C)c1ccc(S(N)(=O)=O)cc1OC1CC1. The van der Waals surface area contributed by atoms with Crippen LogP contribution in [0.3, 0.4) is 0 Å². The predicted molar refractivity (Wildman–Crippen MR) is 65.6 cm³/mol. The fourth-order valence-corrected chi connectivity index (χ4v) is 2.17. The first kappa shape index (κ1) is 12.4. The Bertz CT molecular complexity index is 519. The zero-order valence-corrected chi connectivity index (χ0v) is 10.8. The van der Waals surface area contributed by atoms with Gasteiger partial charge in [0.15, 0.2) is 0 Å². The summed E-state index contributed by atoms with van der Waals surface area (Å²) < 4.78 is 28.3. The Labute approximate surface area is 102 Å². The third-order valence-corrected chi connectivity index (χ3v) is 3.66. The summed E-state index contributed by atoms with van der Waals surface area (Å²) in [7, 11) is -3.66. The molecule has 1 fully saturated rings. The van der Waals surface area contributed by atoms with Gasteiger partial charge in [0.2, 0.25) is 10.0 Å². The lowest BCUT2D eigenvalue weighted by atomic mass is 10.0. The summed E-state index contributed by atoms with van der Waals surface area (Å²) in [6, 6.07) is 4.84. The van der Waals surface area contributed by atoms with E-state index >= 15 is 0 Å². The molecule has 94 valence electrons. The summed E-state index contributed by atoms with van der Waals surface area (Å²) in [4.78, 5) is 0.109. The Hall–Kier alpha value is -1.07. The number of rotatable bonds is 4. The van der Waals surface area contributed by atoms with Crippen molar-refractivity contribution < 1.29 is 13.2 Å². The monoisotopic (exact) mass is 255 g/mol. The molecule has 4 nitrogen and oxygen atoms in total. The van der Waals surface area contributed by atoms with Gasteiger partial charge >= 0.3 is 0 Å². The number of primary sulfonamides is 1. The zero-order valence-electron chi connectivity index (χ0n) is 10.0. The minimum atomic E-state index is -3.66. The zero-order chi connectivity index (χ0) is 12.6. The Balaban J connectivity index is 2.41. The van der Waals surface area contributed by atoms with E-state index in [0.29, 0.717) is 11.7 Å². The quantitative estimate of drug-likeness (QED) is 0.894. The van der Waals surface area contributed by atoms with E-state index in [-0.39, 0.29) is 11.0 Å². The van der Waals surface area contributed by atoms with Crippen LogP contribution < -0.4 is 9.88 Å². The summed E-state index contributed by atoms with van der Waals surface area (Å²) in [6.45, 7) is 4.09. The number of hydrogen-bond acceptors (Lipinski definition) is 3. The highest BCUT2D eigenvalue weighted by molar-refractivity contribution is 7.89. The molecule has 0 heterocycles. The number of nitrogens with two attached hydrogens (primary N) is 1. The van der Waals surface area contributed by atoms with Crippen molar-refractivity contribution in [1.82, 2.24) is 0 Å². The van der Waals surface area contributed by atoms with Crippen molar-refractivity contribution in [3.05, 3.63) is 23.8 Å². The molecule has 0 spiro atoms. The van der Waals surface area contributed by atoms with Crippen LogP contribution in [0.2, 0.25) is 0 Å². The molecule has 0 unspecified atom stereocenters. The fraction of sp³-hybridized carbons (Fsp3) is 0.500. The van der Waals surface area contributed by atoms with E-state index in [1.807, 2.05) is 13.8 Å². The van der Waals surface area contributed by atoms with E-state index in [9.17, 15) is 8.42 Å². The first-order valence-corrected chi connectivity index (χ1v) is 7.26. The number of hydrogen-bond donors (Lipinski definition) is 1. The standard InChI is InChI=1S/C12H17NO3S/c1-8(2)11-6-5-10(17(13,14)15)7-12(11)16-9-3-4-9/h5-9H,3-4H2,1-2H3,(H2,13,14,15). The molecule has 1 saturated carbocycles. The summed E-state index contributed by atoms with van der Waals surface area (Å²) >= 11 is 0. The molecule has 0 aliphatic heterocycles. The number of sulfonamides is 1. The lowest BCUT2D eigenvalue weighted by molar-refractivity contribution is 0.298. The average molecular weight is 255 g/mol. The minimum absolute atomic E-state index is 0.109. The van der Waals surface area contributed by atoms with E-state index in [4.69, 9.17) is 9.88 Å². The second-order valence-electron chi connectivity index (χ2n) is 4.72. The molecule has 1 aliphatic rings. The van der Waals surface area contributed by atoms with E-state index in [2.05, 4.69) is 0 Å². The Kier molecular flexibility index (Phi) is 3.14. The number of ether oxygens (including phenoxy) is 1. The molecular weight excluding hydrogens is 238 g/mol. The van der Waals surface area contributed by atoms with Gasteiger partial charge in [0.25, 0.3) is 0 Å². The van der Waals surface area contributed by atoms with E-state index in [0.717, 1.165) is 18.4 Å². The van der Waals surface area contributed by atoms with Crippen molar-refractivity contribution in [2.45, 2.75) is 43.6 Å². The molecule has 0 amide bonds. The van der Waals surface area contributed by atoms with Crippen LogP contribution in [-0.4, -0.2) is 14.5 Å². The van der Waals surface area contributed by atoms with Crippen LogP contribution in [0.4, 0.5) is 0 Å². The van der Waals surface area contributed by atoms with Crippen molar-refractivity contribution in [3.63, 3.8) is 0 Å². The highest BCUT2D eigenvalue weighted by Crippen LogP contribution is 2.34. The maximum absolute atomic E-state index is 11.3. The molecular formula is C12H17NO3S. The van der Waals surface area contributed by atoms with Gasteiger partial charge < -0.3 is 4.74 Å². The van der Waals surface area contributed by atoms with Crippen LogP contribution in [0.25, 0.3) is 0 Å². The van der Waals surface area contributed by atoms with E-state index < -0.39 is 10.0 Å². The molecule has 0 saturated heterocycles. The predicted octanol–water partition coefficient (Wildman–Crippen LogP) is 2.00. The topological polar surface area (TPSA) is 69.4 Å². The normalized spacial score (nSPS) is 16.2. The minimum Gasteiger partial charge on any atom is -0.490 e. The maximum Gasteiger partial charge on any atom is 0.238 e. The van der Waals surface area contributed by atoms with Crippen molar-refractivity contribution >= 4 is 10.0 Å². The third kappa shape index (κ3) is 2.98.